The van der Waals surface area contributed by atoms with Crippen molar-refractivity contribution in [1.29, 1.82) is 0 Å². The molecule has 4 N–H and O–H groups in total. The van der Waals surface area contributed by atoms with Gasteiger partial charge in [0.25, 0.3) is 11.8 Å². The van der Waals surface area contributed by atoms with Crippen molar-refractivity contribution in [2.24, 2.45) is 23.5 Å². The second-order valence-electron chi connectivity index (χ2n) is 11.7. The lowest BCUT2D eigenvalue weighted by Crippen LogP contribution is -2.49. The van der Waals surface area contributed by atoms with Crippen LogP contribution < -0.4 is 16.4 Å². The molecule has 0 unspecified atom stereocenters. The molecule has 2 fully saturated rings. The Labute approximate surface area is 229 Å². The molecular weight excluding hydrogens is 476 g/mol. The normalized spacial score (nSPS) is 18.0. The lowest BCUT2D eigenvalue weighted by Gasteiger charge is -2.27. The lowest BCUT2D eigenvalue weighted by molar-refractivity contribution is -0.125. The molecule has 0 heterocycles. The second-order valence-corrected chi connectivity index (χ2v) is 11.7. The van der Waals surface area contributed by atoms with Crippen molar-refractivity contribution in [2.45, 2.75) is 103 Å². The first-order valence-electron chi connectivity index (χ1n) is 15.1. The van der Waals surface area contributed by atoms with E-state index in [1.165, 1.54) is 38.5 Å². The van der Waals surface area contributed by atoms with E-state index in [1.807, 2.05) is 11.8 Å². The van der Waals surface area contributed by atoms with Crippen LogP contribution in [0.4, 0.5) is 0 Å². The van der Waals surface area contributed by atoms with E-state index < -0.39 is 0 Å². The summed E-state index contributed by atoms with van der Waals surface area (Å²) in [6.45, 7) is 8.21. The Bertz CT molecular complexity index is 904. The molecule has 2 saturated carbocycles. The van der Waals surface area contributed by atoms with E-state index >= 15 is 0 Å². The van der Waals surface area contributed by atoms with Crippen LogP contribution in [-0.4, -0.2) is 54.3 Å². The predicted octanol–water partition coefficient (Wildman–Crippen LogP) is 4.90. The van der Waals surface area contributed by atoms with E-state index in [-0.39, 0.29) is 35.7 Å². The number of hydrogen-bond acceptors (Lipinski definition) is 4. The average Bonchev–Trinajstić information content (AvgIpc) is 3.60. The van der Waals surface area contributed by atoms with Crippen molar-refractivity contribution in [3.8, 4) is 0 Å². The third-order valence-corrected chi connectivity index (χ3v) is 8.18. The minimum atomic E-state index is -0.320. The predicted molar refractivity (Wildman–Crippen MR) is 153 cm³/mol. The maximum absolute atomic E-state index is 13.3. The van der Waals surface area contributed by atoms with Crippen molar-refractivity contribution < 1.29 is 14.4 Å². The lowest BCUT2D eigenvalue weighted by atomic mass is 9.92. The number of amides is 3. The first-order valence-corrected chi connectivity index (χ1v) is 15.1. The Morgan fingerprint density at radius 1 is 1.00 bits per heavy atom. The Kier molecular flexibility index (Phi) is 12.1. The van der Waals surface area contributed by atoms with Crippen molar-refractivity contribution in [3.63, 3.8) is 0 Å². The van der Waals surface area contributed by atoms with Gasteiger partial charge in [0.2, 0.25) is 5.91 Å². The third kappa shape index (κ3) is 9.40. The third-order valence-electron chi connectivity index (χ3n) is 8.18. The second kappa shape index (κ2) is 15.2. The van der Waals surface area contributed by atoms with Crippen LogP contribution in [0.3, 0.4) is 0 Å². The number of carbonyl (C=O) groups is 3. The van der Waals surface area contributed by atoms with Crippen LogP contribution in [0.15, 0.2) is 24.3 Å². The van der Waals surface area contributed by atoms with E-state index in [0.717, 1.165) is 38.1 Å². The molecule has 0 aromatic heterocycles. The van der Waals surface area contributed by atoms with Crippen molar-refractivity contribution in [2.75, 3.05) is 19.6 Å². The summed E-state index contributed by atoms with van der Waals surface area (Å²) in [7, 11) is 0. The largest absolute Gasteiger partial charge is 0.356 e. The molecule has 3 atom stereocenters. The molecular formula is C31H50N4O3. The monoisotopic (exact) mass is 526 g/mol. The van der Waals surface area contributed by atoms with Crippen LogP contribution in [-0.2, 0) is 4.79 Å². The van der Waals surface area contributed by atoms with Crippen molar-refractivity contribution in [1.82, 2.24) is 15.5 Å². The average molecular weight is 527 g/mol. The zero-order valence-corrected chi connectivity index (χ0v) is 23.8. The zero-order valence-electron chi connectivity index (χ0n) is 23.8. The van der Waals surface area contributed by atoms with E-state index in [9.17, 15) is 14.4 Å². The Balaban J connectivity index is 1.61. The quantitative estimate of drug-likeness (QED) is 0.285. The molecule has 212 valence electrons. The van der Waals surface area contributed by atoms with E-state index in [1.54, 1.807) is 24.3 Å². The molecule has 0 spiro atoms. The van der Waals surface area contributed by atoms with Gasteiger partial charge in [0.15, 0.2) is 0 Å². The molecule has 0 radical (unpaired) electrons. The first kappa shape index (κ1) is 30.1. The number of nitrogens with one attached hydrogen (secondary N) is 2. The molecule has 38 heavy (non-hydrogen) atoms. The number of hydrogen-bond donors (Lipinski definition) is 3. The Morgan fingerprint density at radius 3 is 2.29 bits per heavy atom. The minimum Gasteiger partial charge on any atom is -0.356 e. The zero-order chi connectivity index (χ0) is 27.5. The molecule has 3 rings (SSSR count). The maximum atomic E-state index is 13.3. The number of nitrogens with two attached hydrogens (primary N) is 1. The van der Waals surface area contributed by atoms with Gasteiger partial charge in [0.05, 0.1) is 0 Å². The Hall–Kier alpha value is -2.41. The summed E-state index contributed by atoms with van der Waals surface area (Å²) in [5.41, 5.74) is 7.64. The van der Waals surface area contributed by atoms with Gasteiger partial charge in [0, 0.05) is 48.8 Å². The van der Waals surface area contributed by atoms with Gasteiger partial charge >= 0.3 is 0 Å². The smallest absolute Gasteiger partial charge is 0.253 e. The first-order chi connectivity index (χ1) is 18.3. The summed E-state index contributed by atoms with van der Waals surface area (Å²) >= 11 is 0. The van der Waals surface area contributed by atoms with Crippen molar-refractivity contribution >= 4 is 17.7 Å². The van der Waals surface area contributed by atoms with Crippen LogP contribution in [0.5, 0.6) is 0 Å². The summed E-state index contributed by atoms with van der Waals surface area (Å²) in [6, 6.07) is 6.45. The van der Waals surface area contributed by atoms with Crippen molar-refractivity contribution in [3.05, 3.63) is 35.4 Å². The molecule has 1 aromatic rings. The highest BCUT2D eigenvalue weighted by Crippen LogP contribution is 2.34. The fraction of sp³-hybridized carbons (Fsp3) is 0.710. The maximum Gasteiger partial charge on any atom is 0.253 e. The number of rotatable bonds is 16. The van der Waals surface area contributed by atoms with Gasteiger partial charge in [0.1, 0.15) is 0 Å². The summed E-state index contributed by atoms with van der Waals surface area (Å²) < 4.78 is 0. The fourth-order valence-corrected chi connectivity index (χ4v) is 5.61. The molecule has 3 amide bonds. The molecule has 0 saturated heterocycles. The number of nitrogens with zero attached hydrogens (tertiary/aromatic N) is 1. The standard InChI is InChI=1S/C31H50N4O3/c1-4-17-35(18-5-2)31(38)26-12-8-11-25(20-26)30(37)34-28(16-15-23-13-14-23)27(32)19-22(3)29(36)33-21-24-9-6-7-10-24/h8,11-12,20,22-24,27-28H,4-7,9-10,13-19,21,32H2,1-3H3,(H,33,36)(H,34,37)/t22-,27+,28+/m1/s1. The molecule has 1 aromatic carbocycles. The summed E-state index contributed by atoms with van der Waals surface area (Å²) in [5.74, 6) is 0.904. The van der Waals surface area contributed by atoms with E-state index in [0.29, 0.717) is 36.6 Å². The van der Waals surface area contributed by atoms with E-state index in [4.69, 9.17) is 5.73 Å². The van der Waals surface area contributed by atoms with Crippen LogP contribution in [0.25, 0.3) is 0 Å². The summed E-state index contributed by atoms with van der Waals surface area (Å²) in [6.07, 6.45) is 11.5. The van der Waals surface area contributed by atoms with Gasteiger partial charge < -0.3 is 21.3 Å². The van der Waals surface area contributed by atoms with Gasteiger partial charge in [-0.25, -0.2) is 0 Å². The van der Waals surface area contributed by atoms with Gasteiger partial charge in [-0.3, -0.25) is 14.4 Å². The molecule has 2 aliphatic rings. The minimum absolute atomic E-state index is 0.0391. The van der Waals surface area contributed by atoms with Crippen LogP contribution in [0.2, 0.25) is 0 Å². The molecule has 2 aliphatic carbocycles. The Morgan fingerprint density at radius 2 is 1.66 bits per heavy atom. The van der Waals surface area contributed by atoms with Gasteiger partial charge in [-0.2, -0.15) is 0 Å². The summed E-state index contributed by atoms with van der Waals surface area (Å²) in [4.78, 5) is 41.0. The molecule has 0 aliphatic heterocycles. The van der Waals surface area contributed by atoms with E-state index in [2.05, 4.69) is 24.5 Å². The van der Waals surface area contributed by atoms with Crippen LogP contribution in [0.1, 0.15) is 112 Å². The van der Waals surface area contributed by atoms with Gasteiger partial charge in [-0.05, 0) is 75.0 Å². The molecule has 0 bridgehead atoms. The van der Waals surface area contributed by atoms with Gasteiger partial charge in [-0.15, -0.1) is 0 Å². The molecule has 7 heteroatoms. The van der Waals surface area contributed by atoms with Crippen LogP contribution in [0, 0.1) is 17.8 Å². The molecule has 7 nitrogen and oxygen atoms in total. The van der Waals surface area contributed by atoms with Crippen LogP contribution >= 0.6 is 0 Å². The summed E-state index contributed by atoms with van der Waals surface area (Å²) in [5, 5.41) is 6.28. The number of carbonyl (C=O) groups excluding carboxylic acids is 3. The SMILES string of the molecule is CCCN(CCC)C(=O)c1cccc(C(=O)N[C@@H](CCC2CC2)[C@@H](N)C[C@@H](C)C(=O)NCC2CCCC2)c1. The number of benzene rings is 1. The highest BCUT2D eigenvalue weighted by atomic mass is 16.2. The van der Waals surface area contributed by atoms with Gasteiger partial charge in [-0.1, -0.05) is 52.5 Å². The topological polar surface area (TPSA) is 105 Å². The highest BCUT2D eigenvalue weighted by Gasteiger charge is 2.29. The fourth-order valence-electron chi connectivity index (χ4n) is 5.61. The highest BCUT2D eigenvalue weighted by molar-refractivity contribution is 5.99.